The molecule has 6 nitrogen and oxygen atoms in total. The summed E-state index contributed by atoms with van der Waals surface area (Å²) < 4.78 is 5.67. The molecule has 2 bridgehead atoms. The van der Waals surface area contributed by atoms with Crippen molar-refractivity contribution < 1.29 is 9.53 Å². The van der Waals surface area contributed by atoms with Gasteiger partial charge in [-0.3, -0.25) is 9.69 Å². The van der Waals surface area contributed by atoms with Gasteiger partial charge in [-0.2, -0.15) is 0 Å². The lowest BCUT2D eigenvalue weighted by Gasteiger charge is -2.51. The van der Waals surface area contributed by atoms with Gasteiger partial charge in [0.15, 0.2) is 0 Å². The molecule has 4 aliphatic heterocycles. The number of nitrogen functional groups attached to an aromatic ring is 1. The van der Waals surface area contributed by atoms with Crippen LogP contribution >= 0.6 is 0 Å². The van der Waals surface area contributed by atoms with Crippen molar-refractivity contribution >= 4 is 11.7 Å². The van der Waals surface area contributed by atoms with Crippen LogP contribution in [0.15, 0.2) is 42.6 Å². The highest BCUT2D eigenvalue weighted by atomic mass is 16.5. The molecule has 0 spiro atoms. The number of likely N-dealkylation sites (tertiary alicyclic amines) is 1. The number of carbonyl (C=O) groups is 1. The Labute approximate surface area is 165 Å². The van der Waals surface area contributed by atoms with Crippen LogP contribution in [0.4, 0.5) is 5.82 Å². The third-order valence-electron chi connectivity index (χ3n) is 6.82. The lowest BCUT2D eigenvalue weighted by Crippen LogP contribution is -2.60. The summed E-state index contributed by atoms with van der Waals surface area (Å²) in [7, 11) is 1.72. The topological polar surface area (TPSA) is 71.7 Å². The van der Waals surface area contributed by atoms with E-state index in [1.54, 1.807) is 25.4 Å². The molecular weight excluding hydrogens is 352 g/mol. The summed E-state index contributed by atoms with van der Waals surface area (Å²) in [6, 6.07) is 12.3. The number of para-hydroxylation sites is 1. The number of anilines is 1. The normalized spacial score (nSPS) is 30.9. The first-order valence-electron chi connectivity index (χ1n) is 10.1. The maximum atomic E-state index is 13.5. The Bertz CT molecular complexity index is 894. The molecule has 4 fully saturated rings. The lowest BCUT2D eigenvalue weighted by atomic mass is 9.75. The SMILES string of the molecule is COc1ccccc1[C@H]1CN(C(=O)c2ccnc(N)c2)[C@@H]2C3CCN(CC3)[C@H]12. The minimum Gasteiger partial charge on any atom is -0.496 e. The van der Waals surface area contributed by atoms with E-state index in [9.17, 15) is 4.79 Å². The number of nitrogens with zero attached hydrogens (tertiary/aromatic N) is 3. The Balaban J connectivity index is 1.55. The number of fused-ring (bicyclic) bond motifs is 2. The van der Waals surface area contributed by atoms with Gasteiger partial charge >= 0.3 is 0 Å². The smallest absolute Gasteiger partial charge is 0.254 e. The largest absolute Gasteiger partial charge is 0.496 e. The number of ether oxygens (including phenoxy) is 1. The highest BCUT2D eigenvalue weighted by Gasteiger charge is 2.55. The molecule has 28 heavy (non-hydrogen) atoms. The summed E-state index contributed by atoms with van der Waals surface area (Å²) >= 11 is 0. The molecule has 4 aliphatic rings. The zero-order chi connectivity index (χ0) is 19.3. The number of pyridine rings is 1. The van der Waals surface area contributed by atoms with Gasteiger partial charge in [0, 0.05) is 35.8 Å². The molecule has 1 aromatic heterocycles. The van der Waals surface area contributed by atoms with Gasteiger partial charge in [-0.05, 0) is 50.0 Å². The summed E-state index contributed by atoms with van der Waals surface area (Å²) in [4.78, 5) is 22.2. The number of carbonyl (C=O) groups excluding carboxylic acids is 1. The number of piperidine rings is 3. The van der Waals surface area contributed by atoms with Crippen LogP contribution in [0.25, 0.3) is 0 Å². The van der Waals surface area contributed by atoms with Gasteiger partial charge < -0.3 is 15.4 Å². The Kier molecular flexibility index (Phi) is 4.23. The van der Waals surface area contributed by atoms with E-state index in [0.29, 0.717) is 29.9 Å². The fourth-order valence-corrected chi connectivity index (χ4v) is 5.65. The van der Waals surface area contributed by atoms with Crippen molar-refractivity contribution in [2.24, 2.45) is 5.92 Å². The highest BCUT2D eigenvalue weighted by Crippen LogP contribution is 2.48. The van der Waals surface area contributed by atoms with Crippen molar-refractivity contribution in [1.29, 1.82) is 0 Å². The number of hydrogen-bond donors (Lipinski definition) is 1. The number of hydrogen-bond acceptors (Lipinski definition) is 5. The molecule has 0 saturated carbocycles. The first kappa shape index (κ1) is 17.5. The number of nitrogens with two attached hydrogens (primary N) is 1. The lowest BCUT2D eigenvalue weighted by molar-refractivity contribution is -0.00350. The Hall–Kier alpha value is -2.60. The minimum absolute atomic E-state index is 0.0650. The molecule has 0 aliphatic carbocycles. The van der Waals surface area contributed by atoms with E-state index in [1.165, 1.54) is 18.4 Å². The number of benzene rings is 1. The molecule has 0 radical (unpaired) electrons. The molecule has 0 unspecified atom stereocenters. The van der Waals surface area contributed by atoms with E-state index in [-0.39, 0.29) is 17.9 Å². The van der Waals surface area contributed by atoms with Crippen LogP contribution in [-0.4, -0.2) is 59.5 Å². The molecule has 2 aromatic rings. The molecule has 1 amide bonds. The van der Waals surface area contributed by atoms with Crippen molar-refractivity contribution in [2.75, 3.05) is 32.5 Å². The second kappa shape index (κ2) is 6.78. The third-order valence-corrected chi connectivity index (χ3v) is 6.82. The Morgan fingerprint density at radius 2 is 1.96 bits per heavy atom. The van der Waals surface area contributed by atoms with Crippen LogP contribution in [0, 0.1) is 5.92 Å². The predicted octanol–water partition coefficient (Wildman–Crippen LogP) is 2.37. The number of methoxy groups -OCH3 is 1. The van der Waals surface area contributed by atoms with E-state index in [1.807, 2.05) is 12.1 Å². The van der Waals surface area contributed by atoms with Crippen LogP contribution in [-0.2, 0) is 0 Å². The fourth-order valence-electron chi connectivity index (χ4n) is 5.65. The maximum Gasteiger partial charge on any atom is 0.254 e. The van der Waals surface area contributed by atoms with E-state index in [4.69, 9.17) is 10.5 Å². The number of aromatic nitrogens is 1. The van der Waals surface area contributed by atoms with Crippen LogP contribution < -0.4 is 10.5 Å². The summed E-state index contributed by atoms with van der Waals surface area (Å²) in [6.07, 6.45) is 3.95. The van der Waals surface area contributed by atoms with Gasteiger partial charge in [0.25, 0.3) is 5.91 Å². The van der Waals surface area contributed by atoms with Gasteiger partial charge in [-0.1, -0.05) is 18.2 Å². The molecule has 1 aromatic carbocycles. The van der Waals surface area contributed by atoms with E-state index in [2.05, 4.69) is 26.9 Å². The molecule has 5 heterocycles. The Morgan fingerprint density at radius 1 is 1.18 bits per heavy atom. The van der Waals surface area contributed by atoms with Crippen molar-refractivity contribution in [3.63, 3.8) is 0 Å². The van der Waals surface area contributed by atoms with E-state index >= 15 is 0 Å². The summed E-state index contributed by atoms with van der Waals surface area (Å²) in [5.41, 5.74) is 7.67. The second-order valence-electron chi connectivity index (χ2n) is 8.13. The molecule has 4 saturated heterocycles. The van der Waals surface area contributed by atoms with E-state index in [0.717, 1.165) is 18.8 Å². The van der Waals surface area contributed by atoms with Crippen LogP contribution in [0.2, 0.25) is 0 Å². The van der Waals surface area contributed by atoms with Crippen LogP contribution in [0.5, 0.6) is 5.75 Å². The molecule has 3 atom stereocenters. The van der Waals surface area contributed by atoms with Gasteiger partial charge in [0.1, 0.15) is 11.6 Å². The molecule has 6 heteroatoms. The number of rotatable bonds is 3. The van der Waals surface area contributed by atoms with E-state index < -0.39 is 0 Å². The van der Waals surface area contributed by atoms with Gasteiger partial charge in [-0.15, -0.1) is 0 Å². The van der Waals surface area contributed by atoms with Crippen molar-refractivity contribution in [2.45, 2.75) is 30.8 Å². The molecule has 146 valence electrons. The maximum absolute atomic E-state index is 13.5. The Morgan fingerprint density at radius 3 is 2.71 bits per heavy atom. The average Bonchev–Trinajstić information content (AvgIpc) is 3.16. The first-order valence-corrected chi connectivity index (χ1v) is 10.1. The van der Waals surface area contributed by atoms with Crippen molar-refractivity contribution in [1.82, 2.24) is 14.8 Å². The summed E-state index contributed by atoms with van der Waals surface area (Å²) in [5.74, 6) is 2.19. The van der Waals surface area contributed by atoms with Gasteiger partial charge in [0.05, 0.1) is 13.2 Å². The minimum atomic E-state index is 0.0650. The first-order chi connectivity index (χ1) is 13.7. The summed E-state index contributed by atoms with van der Waals surface area (Å²) in [6.45, 7) is 2.97. The van der Waals surface area contributed by atoms with Crippen LogP contribution in [0.3, 0.4) is 0 Å². The molecule has 6 rings (SSSR count). The molecule has 2 N–H and O–H groups in total. The van der Waals surface area contributed by atoms with Gasteiger partial charge in [-0.25, -0.2) is 4.98 Å². The molecular formula is C22H26N4O2. The highest BCUT2D eigenvalue weighted by molar-refractivity contribution is 5.95. The zero-order valence-corrected chi connectivity index (χ0v) is 16.1. The zero-order valence-electron chi connectivity index (χ0n) is 16.1. The number of amides is 1. The second-order valence-corrected chi connectivity index (χ2v) is 8.13. The fraction of sp³-hybridized carbons (Fsp3) is 0.455. The average molecular weight is 378 g/mol. The summed E-state index contributed by atoms with van der Waals surface area (Å²) in [5, 5.41) is 0. The van der Waals surface area contributed by atoms with Gasteiger partial charge in [0.2, 0.25) is 0 Å². The van der Waals surface area contributed by atoms with Crippen LogP contribution in [0.1, 0.15) is 34.7 Å². The quantitative estimate of drug-likeness (QED) is 0.888. The monoisotopic (exact) mass is 378 g/mol. The standard InChI is InChI=1S/C22H26N4O2/c1-28-18-5-3-2-4-16(18)17-13-26(22(27)15-6-9-24-19(23)12-15)20-14-7-10-25(11-8-14)21(17)20/h2-6,9,12,14,17,20-21H,7-8,10-11,13H2,1H3,(H2,23,24)/t17-,20-,21-/m1/s1. The van der Waals surface area contributed by atoms with Crippen molar-refractivity contribution in [3.05, 3.63) is 53.7 Å². The predicted molar refractivity (Wildman–Crippen MR) is 107 cm³/mol. The van der Waals surface area contributed by atoms with Crippen molar-refractivity contribution in [3.8, 4) is 5.75 Å². The third kappa shape index (κ3) is 2.66.